The van der Waals surface area contributed by atoms with Crippen molar-refractivity contribution in [3.63, 3.8) is 0 Å². The molecule has 0 aromatic rings. The lowest BCUT2D eigenvalue weighted by Crippen LogP contribution is -2.62. The third-order valence-corrected chi connectivity index (χ3v) is 10.6. The molecule has 3 aliphatic heterocycles. The highest BCUT2D eigenvalue weighted by Gasteiger charge is 2.52. The minimum absolute atomic E-state index is 0.337. The highest BCUT2D eigenvalue weighted by Crippen LogP contribution is 2.55. The Labute approximate surface area is 199 Å². The molecule has 2 aliphatic carbocycles. The van der Waals surface area contributed by atoms with Crippen LogP contribution in [0.4, 0.5) is 0 Å². The quantitative estimate of drug-likeness (QED) is 0.612. The summed E-state index contributed by atoms with van der Waals surface area (Å²) < 4.78 is 0. The lowest BCUT2D eigenvalue weighted by Gasteiger charge is -2.60. The van der Waals surface area contributed by atoms with Crippen molar-refractivity contribution in [1.82, 2.24) is 19.6 Å². The van der Waals surface area contributed by atoms with E-state index >= 15 is 0 Å². The maximum absolute atomic E-state index is 2.90. The molecule has 5 rings (SSSR count). The summed E-state index contributed by atoms with van der Waals surface area (Å²) in [6.07, 6.45) is 11.8. The van der Waals surface area contributed by atoms with Crippen molar-refractivity contribution in [2.24, 2.45) is 10.8 Å². The summed E-state index contributed by atoms with van der Waals surface area (Å²) in [5.41, 5.74) is 2.11. The van der Waals surface area contributed by atoms with E-state index in [0.717, 1.165) is 12.1 Å². The number of piperazine rings is 1. The third-order valence-electron chi connectivity index (χ3n) is 10.6. The Kier molecular flexibility index (Phi) is 6.05. The Morgan fingerprint density at radius 3 is 1.22 bits per heavy atom. The molecular weight excluding hydrogens is 392 g/mol. The van der Waals surface area contributed by atoms with Crippen molar-refractivity contribution >= 4 is 0 Å². The van der Waals surface area contributed by atoms with Crippen LogP contribution < -0.4 is 0 Å². The van der Waals surface area contributed by atoms with Gasteiger partial charge in [0.05, 0.1) is 0 Å². The van der Waals surface area contributed by atoms with E-state index in [2.05, 4.69) is 61.1 Å². The summed E-state index contributed by atoms with van der Waals surface area (Å²) in [4.78, 5) is 11.1. The maximum atomic E-state index is 2.90. The summed E-state index contributed by atoms with van der Waals surface area (Å²) in [5, 5.41) is 0. The van der Waals surface area contributed by atoms with Crippen LogP contribution in [0.2, 0.25) is 0 Å². The fourth-order valence-corrected chi connectivity index (χ4v) is 7.99. The lowest BCUT2D eigenvalue weighted by molar-refractivity contribution is -0.0982. The minimum Gasteiger partial charge on any atom is -0.300 e. The van der Waals surface area contributed by atoms with Gasteiger partial charge in [-0.05, 0) is 130 Å². The Balaban J connectivity index is 1.02. The van der Waals surface area contributed by atoms with Crippen LogP contribution >= 0.6 is 0 Å². The third kappa shape index (κ3) is 4.55. The second kappa shape index (κ2) is 8.21. The van der Waals surface area contributed by atoms with Crippen LogP contribution in [0.3, 0.4) is 0 Å². The molecule has 5 fully saturated rings. The van der Waals surface area contributed by atoms with E-state index in [1.54, 1.807) is 0 Å². The molecule has 0 N–H and O–H groups in total. The van der Waals surface area contributed by atoms with E-state index < -0.39 is 0 Å². The predicted octanol–water partition coefficient (Wildman–Crippen LogP) is 4.69. The zero-order valence-electron chi connectivity index (χ0n) is 22.3. The topological polar surface area (TPSA) is 13.0 Å². The maximum Gasteiger partial charge on any atom is 0.0126 e. The standard InChI is InChI=1S/C28H52N4/c1-25(2,3)31-13-9-28(10-14-31)19-23(20-28)29-11-7-27(8-12-29)21-24(22-27)30-15-17-32(18-16-30)26(4,5)6/h23-24H,7-22H2,1-6H3. The van der Waals surface area contributed by atoms with Crippen LogP contribution in [0.5, 0.6) is 0 Å². The van der Waals surface area contributed by atoms with Gasteiger partial charge in [-0.1, -0.05) is 0 Å². The molecule has 0 bridgehead atoms. The van der Waals surface area contributed by atoms with Crippen LogP contribution in [0.25, 0.3) is 0 Å². The molecule has 2 saturated carbocycles. The summed E-state index contributed by atoms with van der Waals surface area (Å²) in [7, 11) is 0. The van der Waals surface area contributed by atoms with Gasteiger partial charge in [0.15, 0.2) is 0 Å². The molecule has 32 heavy (non-hydrogen) atoms. The minimum atomic E-state index is 0.337. The van der Waals surface area contributed by atoms with E-state index in [1.165, 1.54) is 104 Å². The normalized spacial score (nSPS) is 33.4. The van der Waals surface area contributed by atoms with Gasteiger partial charge < -0.3 is 4.90 Å². The first-order chi connectivity index (χ1) is 15.0. The van der Waals surface area contributed by atoms with Crippen LogP contribution in [0, 0.1) is 10.8 Å². The summed E-state index contributed by atoms with van der Waals surface area (Å²) in [6, 6.07) is 1.80. The molecule has 5 aliphatic rings. The molecule has 0 atom stereocenters. The molecule has 0 unspecified atom stereocenters. The zero-order valence-corrected chi connectivity index (χ0v) is 22.3. The van der Waals surface area contributed by atoms with Crippen molar-refractivity contribution in [3.05, 3.63) is 0 Å². The van der Waals surface area contributed by atoms with Crippen LogP contribution in [-0.4, -0.2) is 95.1 Å². The molecule has 3 saturated heterocycles. The van der Waals surface area contributed by atoms with Gasteiger partial charge in [-0.15, -0.1) is 0 Å². The van der Waals surface area contributed by atoms with Gasteiger partial charge in [-0.25, -0.2) is 0 Å². The summed E-state index contributed by atoms with van der Waals surface area (Å²) in [6.45, 7) is 24.8. The van der Waals surface area contributed by atoms with Gasteiger partial charge in [0, 0.05) is 49.3 Å². The van der Waals surface area contributed by atoms with Gasteiger partial charge in [-0.3, -0.25) is 14.7 Å². The highest BCUT2D eigenvalue weighted by atomic mass is 15.3. The molecule has 0 aromatic heterocycles. The zero-order chi connectivity index (χ0) is 22.8. The van der Waals surface area contributed by atoms with Gasteiger partial charge in [0.1, 0.15) is 0 Å². The van der Waals surface area contributed by atoms with E-state index in [-0.39, 0.29) is 0 Å². The SMILES string of the molecule is CC(C)(C)N1CCN(C2CC3(CCN(C4CC5(CCN(C(C)(C)C)CC5)C4)CC3)C2)CC1. The van der Waals surface area contributed by atoms with E-state index in [1.807, 2.05) is 0 Å². The molecule has 4 nitrogen and oxygen atoms in total. The smallest absolute Gasteiger partial charge is 0.0126 e. The second-order valence-corrected chi connectivity index (χ2v) is 14.5. The molecule has 3 heterocycles. The molecule has 2 spiro atoms. The summed E-state index contributed by atoms with van der Waals surface area (Å²) >= 11 is 0. The molecular formula is C28H52N4. The van der Waals surface area contributed by atoms with Gasteiger partial charge in [0.25, 0.3) is 0 Å². The van der Waals surface area contributed by atoms with Gasteiger partial charge in [-0.2, -0.15) is 0 Å². The molecule has 0 amide bonds. The van der Waals surface area contributed by atoms with E-state index in [4.69, 9.17) is 0 Å². The van der Waals surface area contributed by atoms with Gasteiger partial charge in [0.2, 0.25) is 0 Å². The first-order valence-corrected chi connectivity index (χ1v) is 14.0. The van der Waals surface area contributed by atoms with Crippen molar-refractivity contribution in [3.8, 4) is 0 Å². The molecule has 0 radical (unpaired) electrons. The largest absolute Gasteiger partial charge is 0.300 e. The average Bonchev–Trinajstić information content (AvgIpc) is 2.69. The Hall–Kier alpha value is -0.160. The number of piperidine rings is 2. The number of nitrogens with zero attached hydrogens (tertiary/aromatic N) is 4. The van der Waals surface area contributed by atoms with Crippen molar-refractivity contribution < 1.29 is 0 Å². The fraction of sp³-hybridized carbons (Fsp3) is 1.00. The van der Waals surface area contributed by atoms with Gasteiger partial charge >= 0.3 is 0 Å². The van der Waals surface area contributed by atoms with Crippen molar-refractivity contribution in [2.75, 3.05) is 52.4 Å². The Morgan fingerprint density at radius 1 is 0.469 bits per heavy atom. The van der Waals surface area contributed by atoms with Crippen LogP contribution in [0.15, 0.2) is 0 Å². The monoisotopic (exact) mass is 444 g/mol. The van der Waals surface area contributed by atoms with E-state index in [0.29, 0.717) is 21.9 Å². The number of hydrogen-bond acceptors (Lipinski definition) is 4. The number of rotatable bonds is 2. The summed E-state index contributed by atoms with van der Waals surface area (Å²) in [5.74, 6) is 0. The number of hydrogen-bond donors (Lipinski definition) is 0. The predicted molar refractivity (Wildman–Crippen MR) is 135 cm³/mol. The Bertz CT molecular complexity index is 634. The highest BCUT2D eigenvalue weighted by molar-refractivity contribution is 5.06. The molecule has 4 heteroatoms. The average molecular weight is 445 g/mol. The Morgan fingerprint density at radius 2 is 0.812 bits per heavy atom. The van der Waals surface area contributed by atoms with Crippen molar-refractivity contribution in [1.29, 1.82) is 0 Å². The van der Waals surface area contributed by atoms with Crippen LogP contribution in [-0.2, 0) is 0 Å². The number of likely N-dealkylation sites (tertiary alicyclic amines) is 2. The fourth-order valence-electron chi connectivity index (χ4n) is 7.99. The first kappa shape index (κ1) is 23.6. The van der Waals surface area contributed by atoms with E-state index in [9.17, 15) is 0 Å². The second-order valence-electron chi connectivity index (χ2n) is 14.5. The lowest BCUT2D eigenvalue weighted by atomic mass is 9.57. The van der Waals surface area contributed by atoms with Crippen molar-refractivity contribution in [2.45, 2.75) is 116 Å². The molecule has 184 valence electrons. The van der Waals surface area contributed by atoms with Crippen LogP contribution in [0.1, 0.15) is 92.9 Å². The first-order valence-electron chi connectivity index (χ1n) is 14.0. The molecule has 0 aromatic carbocycles.